The lowest BCUT2D eigenvalue weighted by atomic mass is 9.55. The standard InChI is InChI=1S/C18H14BCl2NO/c20-16-7-3-5-14(11-16)19(15-6-4-8-17(21)12-15)23-13-18-9-1-2-10-22-18/h1-12H,13H2. The van der Waals surface area contributed by atoms with E-state index >= 15 is 0 Å². The summed E-state index contributed by atoms with van der Waals surface area (Å²) in [5.41, 5.74) is 2.84. The molecule has 0 unspecified atom stereocenters. The summed E-state index contributed by atoms with van der Waals surface area (Å²) in [5.74, 6) is 0. The Kier molecular flexibility index (Phi) is 5.34. The van der Waals surface area contributed by atoms with Crippen LogP contribution in [-0.2, 0) is 11.3 Å². The van der Waals surface area contributed by atoms with Gasteiger partial charge in [-0.1, -0.05) is 53.5 Å². The van der Waals surface area contributed by atoms with Gasteiger partial charge in [-0.05, 0) is 47.3 Å². The molecule has 0 aliphatic rings. The molecule has 0 fully saturated rings. The third-order valence-electron chi connectivity index (χ3n) is 3.43. The number of hydrogen-bond donors (Lipinski definition) is 0. The Balaban J connectivity index is 1.90. The molecular weight excluding hydrogens is 328 g/mol. The summed E-state index contributed by atoms with van der Waals surface area (Å²) < 4.78 is 6.13. The number of hydrogen-bond acceptors (Lipinski definition) is 2. The van der Waals surface area contributed by atoms with E-state index in [1.807, 2.05) is 66.7 Å². The quantitative estimate of drug-likeness (QED) is 0.660. The highest BCUT2D eigenvalue weighted by atomic mass is 35.5. The third-order valence-corrected chi connectivity index (χ3v) is 3.90. The molecule has 0 radical (unpaired) electrons. The average Bonchev–Trinajstić information content (AvgIpc) is 2.56. The first-order valence-electron chi connectivity index (χ1n) is 7.25. The lowest BCUT2D eigenvalue weighted by Crippen LogP contribution is -2.44. The van der Waals surface area contributed by atoms with Gasteiger partial charge in [0, 0.05) is 16.2 Å². The van der Waals surface area contributed by atoms with Crippen molar-refractivity contribution < 1.29 is 4.65 Å². The summed E-state index contributed by atoms with van der Waals surface area (Å²) in [4.78, 5) is 4.30. The van der Waals surface area contributed by atoms with E-state index in [4.69, 9.17) is 27.9 Å². The van der Waals surface area contributed by atoms with Crippen molar-refractivity contribution in [3.63, 3.8) is 0 Å². The van der Waals surface area contributed by atoms with E-state index in [1.54, 1.807) is 6.20 Å². The molecule has 1 aromatic heterocycles. The maximum atomic E-state index is 6.13. The zero-order valence-corrected chi connectivity index (χ0v) is 13.8. The SMILES string of the molecule is Clc1cccc(B(OCc2ccccn2)c2cccc(Cl)c2)c1. The Morgan fingerprint density at radius 2 is 1.48 bits per heavy atom. The third kappa shape index (κ3) is 4.35. The van der Waals surface area contributed by atoms with Gasteiger partial charge in [0.25, 0.3) is 0 Å². The predicted octanol–water partition coefficient (Wildman–Crippen LogP) is 3.71. The van der Waals surface area contributed by atoms with Crippen molar-refractivity contribution in [2.75, 3.05) is 0 Å². The molecule has 0 atom stereocenters. The highest BCUT2D eigenvalue weighted by molar-refractivity contribution is 6.80. The largest absolute Gasteiger partial charge is 0.421 e. The second-order valence-corrected chi connectivity index (χ2v) is 6.00. The van der Waals surface area contributed by atoms with Crippen LogP contribution < -0.4 is 10.9 Å². The fraction of sp³-hybridized carbons (Fsp3) is 0.0556. The normalized spacial score (nSPS) is 10.5. The molecule has 0 bridgehead atoms. The maximum absolute atomic E-state index is 6.13. The van der Waals surface area contributed by atoms with Crippen LogP contribution in [0.2, 0.25) is 10.0 Å². The molecule has 2 aromatic carbocycles. The van der Waals surface area contributed by atoms with Gasteiger partial charge >= 0.3 is 6.92 Å². The molecular formula is C18H14BCl2NO. The maximum Gasteiger partial charge on any atom is 0.362 e. The molecule has 3 aromatic rings. The highest BCUT2D eigenvalue weighted by Gasteiger charge is 2.22. The van der Waals surface area contributed by atoms with Crippen LogP contribution in [0.1, 0.15) is 5.69 Å². The molecule has 0 spiro atoms. The molecule has 2 nitrogen and oxygen atoms in total. The lowest BCUT2D eigenvalue weighted by Gasteiger charge is -2.16. The van der Waals surface area contributed by atoms with Crippen LogP contribution in [0.5, 0.6) is 0 Å². The van der Waals surface area contributed by atoms with Crippen LogP contribution in [0.25, 0.3) is 0 Å². The summed E-state index contributed by atoms with van der Waals surface area (Å²) in [7, 11) is 0. The minimum Gasteiger partial charge on any atom is -0.421 e. The summed E-state index contributed by atoms with van der Waals surface area (Å²) in [6, 6.07) is 21.1. The molecule has 0 saturated heterocycles. The van der Waals surface area contributed by atoms with Crippen LogP contribution in [0, 0.1) is 0 Å². The van der Waals surface area contributed by atoms with Gasteiger partial charge in [0.1, 0.15) is 0 Å². The van der Waals surface area contributed by atoms with Crippen LogP contribution in [0.15, 0.2) is 72.9 Å². The van der Waals surface area contributed by atoms with Crippen molar-refractivity contribution in [2.24, 2.45) is 0 Å². The lowest BCUT2D eigenvalue weighted by molar-refractivity contribution is 0.316. The second kappa shape index (κ2) is 7.65. The molecule has 23 heavy (non-hydrogen) atoms. The van der Waals surface area contributed by atoms with E-state index in [2.05, 4.69) is 4.98 Å². The van der Waals surface area contributed by atoms with Crippen molar-refractivity contribution in [3.8, 4) is 0 Å². The summed E-state index contributed by atoms with van der Waals surface area (Å²) >= 11 is 12.3. The first-order chi connectivity index (χ1) is 11.2. The number of aromatic nitrogens is 1. The Bertz CT molecular complexity index is 737. The summed E-state index contributed by atoms with van der Waals surface area (Å²) in [6.45, 7) is 0.152. The van der Waals surface area contributed by atoms with Gasteiger partial charge in [-0.25, -0.2) is 0 Å². The van der Waals surface area contributed by atoms with Crippen LogP contribution in [0.3, 0.4) is 0 Å². The van der Waals surface area contributed by atoms with E-state index < -0.39 is 0 Å². The van der Waals surface area contributed by atoms with Gasteiger partial charge < -0.3 is 4.65 Å². The summed E-state index contributed by atoms with van der Waals surface area (Å²) in [6.07, 6.45) is 1.76. The van der Waals surface area contributed by atoms with Crippen molar-refractivity contribution >= 4 is 41.0 Å². The van der Waals surface area contributed by atoms with Crippen molar-refractivity contribution in [3.05, 3.63) is 88.7 Å². The predicted molar refractivity (Wildman–Crippen MR) is 97.0 cm³/mol. The summed E-state index contributed by atoms with van der Waals surface area (Å²) in [5, 5.41) is 1.35. The molecule has 1 heterocycles. The monoisotopic (exact) mass is 341 g/mol. The first kappa shape index (κ1) is 16.1. The van der Waals surface area contributed by atoms with E-state index in [1.165, 1.54) is 0 Å². The fourth-order valence-electron chi connectivity index (χ4n) is 2.38. The number of halogens is 2. The van der Waals surface area contributed by atoms with Gasteiger partial charge in [-0.2, -0.15) is 0 Å². The highest BCUT2D eigenvalue weighted by Crippen LogP contribution is 2.09. The van der Waals surface area contributed by atoms with Gasteiger partial charge in [-0.15, -0.1) is 0 Å². The topological polar surface area (TPSA) is 22.1 Å². The van der Waals surface area contributed by atoms with Gasteiger partial charge in [0.15, 0.2) is 0 Å². The van der Waals surface area contributed by atoms with Gasteiger partial charge in [-0.3, -0.25) is 4.98 Å². The van der Waals surface area contributed by atoms with Crippen molar-refractivity contribution in [1.82, 2.24) is 4.98 Å². The molecule has 0 N–H and O–H groups in total. The minimum atomic E-state index is -0.255. The Hall–Kier alpha value is -1.81. The van der Waals surface area contributed by atoms with E-state index in [9.17, 15) is 0 Å². The molecule has 0 amide bonds. The minimum absolute atomic E-state index is 0.255. The van der Waals surface area contributed by atoms with Gasteiger partial charge in [0.2, 0.25) is 0 Å². The molecule has 5 heteroatoms. The Morgan fingerprint density at radius 1 is 0.826 bits per heavy atom. The molecule has 0 saturated carbocycles. The van der Waals surface area contributed by atoms with Crippen LogP contribution in [0.4, 0.5) is 0 Å². The number of benzene rings is 2. The number of pyridine rings is 1. The molecule has 0 aliphatic carbocycles. The van der Waals surface area contributed by atoms with Gasteiger partial charge in [0.05, 0.1) is 12.3 Å². The van der Waals surface area contributed by atoms with E-state index in [0.717, 1.165) is 16.6 Å². The molecule has 3 rings (SSSR count). The second-order valence-electron chi connectivity index (χ2n) is 5.12. The average molecular weight is 342 g/mol. The van der Waals surface area contributed by atoms with E-state index in [0.29, 0.717) is 16.7 Å². The van der Waals surface area contributed by atoms with Crippen LogP contribution >= 0.6 is 23.2 Å². The number of nitrogens with zero attached hydrogens (tertiary/aromatic N) is 1. The zero-order chi connectivity index (χ0) is 16.1. The smallest absolute Gasteiger partial charge is 0.362 e. The van der Waals surface area contributed by atoms with Crippen LogP contribution in [-0.4, -0.2) is 11.9 Å². The Labute approximate surface area is 146 Å². The van der Waals surface area contributed by atoms with E-state index in [-0.39, 0.29) is 6.92 Å². The van der Waals surface area contributed by atoms with Crippen molar-refractivity contribution in [2.45, 2.75) is 6.61 Å². The van der Waals surface area contributed by atoms with Crippen molar-refractivity contribution in [1.29, 1.82) is 0 Å². The zero-order valence-electron chi connectivity index (χ0n) is 12.3. The molecule has 0 aliphatic heterocycles. The Morgan fingerprint density at radius 3 is 2.00 bits per heavy atom. The number of rotatable bonds is 5. The molecule has 114 valence electrons. The fourth-order valence-corrected chi connectivity index (χ4v) is 2.77. The first-order valence-corrected chi connectivity index (χ1v) is 8.00.